The SMILES string of the molecule is COC(=O)c1cccc(C(=O)N[C@H](Cc2cccc(OC)c2)C(N)=O)c1. The predicted octanol–water partition coefficient (Wildman–Crippen LogP) is 1.31. The van der Waals surface area contributed by atoms with Gasteiger partial charge in [0, 0.05) is 12.0 Å². The molecule has 0 aromatic heterocycles. The van der Waals surface area contributed by atoms with E-state index in [0.29, 0.717) is 5.75 Å². The van der Waals surface area contributed by atoms with E-state index < -0.39 is 23.8 Å². The Labute approximate surface area is 151 Å². The smallest absolute Gasteiger partial charge is 0.337 e. The average Bonchev–Trinajstić information content (AvgIpc) is 2.66. The molecule has 2 aromatic carbocycles. The van der Waals surface area contributed by atoms with Gasteiger partial charge in [0.25, 0.3) is 5.91 Å². The minimum atomic E-state index is -0.906. The maximum Gasteiger partial charge on any atom is 0.337 e. The van der Waals surface area contributed by atoms with Gasteiger partial charge in [-0.15, -0.1) is 0 Å². The van der Waals surface area contributed by atoms with E-state index in [1.165, 1.54) is 25.3 Å². The Kier molecular flexibility index (Phi) is 6.32. The van der Waals surface area contributed by atoms with Crippen LogP contribution in [0.25, 0.3) is 0 Å². The summed E-state index contributed by atoms with van der Waals surface area (Å²) in [6.45, 7) is 0. The molecule has 0 bridgehead atoms. The van der Waals surface area contributed by atoms with Crippen molar-refractivity contribution in [2.24, 2.45) is 5.73 Å². The number of methoxy groups -OCH3 is 2. The van der Waals surface area contributed by atoms with Gasteiger partial charge in [-0.3, -0.25) is 9.59 Å². The fraction of sp³-hybridized carbons (Fsp3) is 0.211. The van der Waals surface area contributed by atoms with Crippen molar-refractivity contribution in [3.05, 3.63) is 65.2 Å². The highest BCUT2D eigenvalue weighted by molar-refractivity contribution is 5.99. The molecule has 0 aliphatic heterocycles. The lowest BCUT2D eigenvalue weighted by Crippen LogP contribution is -2.45. The summed E-state index contributed by atoms with van der Waals surface area (Å²) in [5.41, 5.74) is 6.68. The minimum Gasteiger partial charge on any atom is -0.497 e. The summed E-state index contributed by atoms with van der Waals surface area (Å²) in [5.74, 6) is -1.09. The van der Waals surface area contributed by atoms with Crippen molar-refractivity contribution >= 4 is 17.8 Å². The molecule has 0 aliphatic rings. The van der Waals surface area contributed by atoms with Crippen molar-refractivity contribution in [3.63, 3.8) is 0 Å². The van der Waals surface area contributed by atoms with Crippen molar-refractivity contribution in [2.45, 2.75) is 12.5 Å². The summed E-state index contributed by atoms with van der Waals surface area (Å²) >= 11 is 0. The molecule has 0 unspecified atom stereocenters. The van der Waals surface area contributed by atoms with Crippen LogP contribution < -0.4 is 15.8 Å². The number of carbonyl (C=O) groups excluding carboxylic acids is 3. The number of rotatable bonds is 7. The van der Waals surface area contributed by atoms with Crippen molar-refractivity contribution in [1.82, 2.24) is 5.32 Å². The molecule has 0 heterocycles. The normalized spacial score (nSPS) is 11.3. The third kappa shape index (κ3) is 4.83. The molecular formula is C19H20N2O5. The lowest BCUT2D eigenvalue weighted by Gasteiger charge is -2.16. The summed E-state index contributed by atoms with van der Waals surface area (Å²) in [7, 11) is 2.80. The zero-order valence-corrected chi connectivity index (χ0v) is 14.5. The van der Waals surface area contributed by atoms with Gasteiger partial charge in [0.15, 0.2) is 0 Å². The van der Waals surface area contributed by atoms with Gasteiger partial charge in [0.1, 0.15) is 11.8 Å². The van der Waals surface area contributed by atoms with Crippen LogP contribution in [-0.2, 0) is 16.0 Å². The number of ether oxygens (including phenoxy) is 2. The lowest BCUT2D eigenvalue weighted by molar-refractivity contribution is -0.119. The number of hydrogen-bond acceptors (Lipinski definition) is 5. The second-order valence-corrected chi connectivity index (χ2v) is 5.56. The Balaban J connectivity index is 2.15. The van der Waals surface area contributed by atoms with Gasteiger partial charge in [0.05, 0.1) is 19.8 Å². The highest BCUT2D eigenvalue weighted by atomic mass is 16.5. The van der Waals surface area contributed by atoms with E-state index in [1.54, 1.807) is 31.4 Å². The fourth-order valence-corrected chi connectivity index (χ4v) is 2.40. The van der Waals surface area contributed by atoms with Gasteiger partial charge in [-0.25, -0.2) is 4.79 Å². The molecular weight excluding hydrogens is 336 g/mol. The second kappa shape index (κ2) is 8.66. The van der Waals surface area contributed by atoms with Gasteiger partial charge in [-0.05, 0) is 35.9 Å². The molecule has 3 N–H and O–H groups in total. The molecule has 2 aromatic rings. The number of benzene rings is 2. The Morgan fingerprint density at radius 2 is 1.73 bits per heavy atom. The Hall–Kier alpha value is -3.35. The van der Waals surface area contributed by atoms with E-state index in [0.717, 1.165) is 5.56 Å². The zero-order valence-electron chi connectivity index (χ0n) is 14.5. The molecule has 7 heteroatoms. The highest BCUT2D eigenvalue weighted by Gasteiger charge is 2.20. The highest BCUT2D eigenvalue weighted by Crippen LogP contribution is 2.14. The van der Waals surface area contributed by atoms with E-state index in [9.17, 15) is 14.4 Å². The van der Waals surface area contributed by atoms with Gasteiger partial charge in [-0.1, -0.05) is 18.2 Å². The third-order valence-electron chi connectivity index (χ3n) is 3.77. The van der Waals surface area contributed by atoms with Crippen LogP contribution in [0.5, 0.6) is 5.75 Å². The number of amides is 2. The minimum absolute atomic E-state index is 0.217. The van der Waals surface area contributed by atoms with Crippen molar-refractivity contribution in [1.29, 1.82) is 0 Å². The van der Waals surface area contributed by atoms with E-state index in [-0.39, 0.29) is 17.5 Å². The standard InChI is InChI=1S/C19H20N2O5/c1-25-15-8-3-5-12(9-15)10-16(17(20)22)21-18(23)13-6-4-7-14(11-13)19(24)26-2/h3-9,11,16H,10H2,1-2H3,(H2,20,22)(H,21,23)/t16-/m1/s1. The summed E-state index contributed by atoms with van der Waals surface area (Å²) in [5, 5.41) is 2.60. The van der Waals surface area contributed by atoms with Crippen LogP contribution in [0.15, 0.2) is 48.5 Å². The molecule has 1 atom stereocenters. The number of carbonyl (C=O) groups is 3. The van der Waals surface area contributed by atoms with Gasteiger partial charge >= 0.3 is 5.97 Å². The molecule has 0 radical (unpaired) electrons. The predicted molar refractivity (Wildman–Crippen MR) is 94.9 cm³/mol. The summed E-state index contributed by atoms with van der Waals surface area (Å²) in [6, 6.07) is 12.2. The van der Waals surface area contributed by atoms with Crippen LogP contribution in [0.1, 0.15) is 26.3 Å². The molecule has 136 valence electrons. The van der Waals surface area contributed by atoms with Gasteiger partial charge in [-0.2, -0.15) is 0 Å². The molecule has 2 rings (SSSR count). The van der Waals surface area contributed by atoms with Crippen molar-refractivity contribution in [2.75, 3.05) is 14.2 Å². The van der Waals surface area contributed by atoms with Crippen molar-refractivity contribution < 1.29 is 23.9 Å². The van der Waals surface area contributed by atoms with E-state index in [4.69, 9.17) is 10.5 Å². The fourth-order valence-electron chi connectivity index (χ4n) is 2.40. The van der Waals surface area contributed by atoms with Gasteiger partial charge in [0.2, 0.25) is 5.91 Å². The van der Waals surface area contributed by atoms with Crippen LogP contribution in [-0.4, -0.2) is 38.0 Å². The topological polar surface area (TPSA) is 108 Å². The Bertz CT molecular complexity index is 819. The zero-order chi connectivity index (χ0) is 19.1. The van der Waals surface area contributed by atoms with Crippen LogP contribution in [0.3, 0.4) is 0 Å². The number of nitrogens with one attached hydrogen (secondary N) is 1. The van der Waals surface area contributed by atoms with Crippen LogP contribution in [0.4, 0.5) is 0 Å². The second-order valence-electron chi connectivity index (χ2n) is 5.56. The molecule has 0 fully saturated rings. The van der Waals surface area contributed by atoms with Crippen molar-refractivity contribution in [3.8, 4) is 5.75 Å². The first-order valence-electron chi connectivity index (χ1n) is 7.86. The van der Waals surface area contributed by atoms with Crippen LogP contribution >= 0.6 is 0 Å². The molecule has 26 heavy (non-hydrogen) atoms. The maximum atomic E-state index is 12.4. The maximum absolute atomic E-state index is 12.4. The molecule has 2 amide bonds. The third-order valence-corrected chi connectivity index (χ3v) is 3.77. The summed E-state index contributed by atoms with van der Waals surface area (Å²) in [6.07, 6.45) is 0.217. The number of nitrogens with two attached hydrogens (primary N) is 1. The van der Waals surface area contributed by atoms with Crippen LogP contribution in [0, 0.1) is 0 Å². The molecule has 7 nitrogen and oxygen atoms in total. The Morgan fingerprint density at radius 1 is 1.04 bits per heavy atom. The largest absolute Gasteiger partial charge is 0.497 e. The first-order chi connectivity index (χ1) is 12.4. The average molecular weight is 356 g/mol. The van der Waals surface area contributed by atoms with E-state index in [2.05, 4.69) is 10.1 Å². The number of esters is 1. The van der Waals surface area contributed by atoms with E-state index >= 15 is 0 Å². The molecule has 0 spiro atoms. The summed E-state index contributed by atoms with van der Waals surface area (Å²) < 4.78 is 9.78. The molecule has 0 saturated carbocycles. The summed E-state index contributed by atoms with van der Waals surface area (Å²) in [4.78, 5) is 35.8. The van der Waals surface area contributed by atoms with E-state index in [1.807, 2.05) is 6.07 Å². The Morgan fingerprint density at radius 3 is 2.38 bits per heavy atom. The van der Waals surface area contributed by atoms with Crippen LogP contribution in [0.2, 0.25) is 0 Å². The lowest BCUT2D eigenvalue weighted by atomic mass is 10.0. The molecule has 0 saturated heterocycles. The first-order valence-corrected chi connectivity index (χ1v) is 7.86. The van der Waals surface area contributed by atoms with Gasteiger partial charge < -0.3 is 20.5 Å². The number of hydrogen-bond donors (Lipinski definition) is 2. The number of primary amides is 1. The molecule has 0 aliphatic carbocycles. The quantitative estimate of drug-likeness (QED) is 0.727. The monoisotopic (exact) mass is 356 g/mol. The first kappa shape index (κ1) is 19.0.